The third-order valence-electron chi connectivity index (χ3n) is 6.25. The van der Waals surface area contributed by atoms with Crippen molar-refractivity contribution in [3.8, 4) is 0 Å². The largest absolute Gasteiger partial charge is 0.320 e. The van der Waals surface area contributed by atoms with Crippen LogP contribution in [0.5, 0.6) is 0 Å². The van der Waals surface area contributed by atoms with Crippen molar-refractivity contribution < 1.29 is 8.97 Å². The average molecular weight is 391 g/mol. The van der Waals surface area contributed by atoms with Gasteiger partial charge < -0.3 is 8.97 Å². The molecule has 1 rings (SSSR count). The molecule has 0 aliphatic carbocycles. The Balaban J connectivity index is 2.95. The van der Waals surface area contributed by atoms with Gasteiger partial charge in [-0.2, -0.15) is 0 Å². The molecule has 1 aromatic carbocycles. The molecule has 0 amide bonds. The number of hydrogen-bond acceptors (Lipinski definition) is 0. The molecule has 0 atom stereocenters. The molecular formula is C26H50N2+2. The van der Waals surface area contributed by atoms with E-state index < -0.39 is 0 Å². The van der Waals surface area contributed by atoms with Crippen LogP contribution < -0.4 is 0 Å². The minimum Gasteiger partial charge on any atom is -0.320 e. The first-order valence-corrected chi connectivity index (χ1v) is 12.3. The van der Waals surface area contributed by atoms with Gasteiger partial charge in [-0.05, 0) is 38.5 Å². The first-order chi connectivity index (χ1) is 13.5. The lowest BCUT2D eigenvalue weighted by molar-refractivity contribution is -0.941. The summed E-state index contributed by atoms with van der Waals surface area (Å²) in [7, 11) is 0. The Morgan fingerprint density at radius 1 is 0.429 bits per heavy atom. The Hall–Kier alpha value is -0.860. The molecule has 0 aliphatic heterocycles. The minimum absolute atomic E-state index is 1.20. The highest BCUT2D eigenvalue weighted by molar-refractivity contribution is 5.21. The fourth-order valence-electron chi connectivity index (χ4n) is 5.52. The van der Waals surface area contributed by atoms with Gasteiger partial charge in [0.05, 0.1) is 39.3 Å². The number of quaternary nitrogens is 2. The van der Waals surface area contributed by atoms with Crippen molar-refractivity contribution in [2.24, 2.45) is 0 Å². The predicted molar refractivity (Wildman–Crippen MR) is 125 cm³/mol. The van der Waals surface area contributed by atoms with Crippen molar-refractivity contribution in [2.75, 3.05) is 39.3 Å². The monoisotopic (exact) mass is 390 g/mol. The first-order valence-electron chi connectivity index (χ1n) is 12.3. The number of benzene rings is 1. The summed E-state index contributed by atoms with van der Waals surface area (Å²) in [6, 6.07) is 9.73. The van der Waals surface area contributed by atoms with E-state index in [0.29, 0.717) is 0 Å². The van der Waals surface area contributed by atoms with Gasteiger partial charge in [0.2, 0.25) is 0 Å². The molecule has 0 spiro atoms. The predicted octanol–water partition coefficient (Wildman–Crippen LogP) is 6.78. The second-order valence-electron chi connectivity index (χ2n) is 9.16. The first kappa shape index (κ1) is 25.2. The Labute approximate surface area is 177 Å². The van der Waals surface area contributed by atoms with Crippen LogP contribution in [-0.2, 0) is 13.1 Å². The van der Waals surface area contributed by atoms with Crippen molar-refractivity contribution in [3.05, 3.63) is 35.4 Å². The molecular weight excluding hydrogens is 340 g/mol. The molecule has 0 N–H and O–H groups in total. The highest BCUT2D eigenvalue weighted by Gasteiger charge is 2.27. The molecule has 0 unspecified atom stereocenters. The lowest BCUT2D eigenvalue weighted by atomic mass is 10.1. The summed E-state index contributed by atoms with van der Waals surface area (Å²) in [5.74, 6) is 0. The van der Waals surface area contributed by atoms with Crippen LogP contribution >= 0.6 is 0 Å². The van der Waals surface area contributed by atoms with Crippen LogP contribution in [0.15, 0.2) is 24.3 Å². The molecule has 0 saturated heterocycles. The fourth-order valence-corrected chi connectivity index (χ4v) is 5.52. The van der Waals surface area contributed by atoms with Crippen LogP contribution in [0.1, 0.15) is 91.2 Å². The van der Waals surface area contributed by atoms with Crippen molar-refractivity contribution in [3.63, 3.8) is 0 Å². The van der Waals surface area contributed by atoms with Crippen molar-refractivity contribution in [1.29, 1.82) is 0 Å². The van der Waals surface area contributed by atoms with Crippen LogP contribution in [0.2, 0.25) is 0 Å². The molecule has 2 nitrogen and oxygen atoms in total. The van der Waals surface area contributed by atoms with E-state index >= 15 is 0 Å². The van der Waals surface area contributed by atoms with Crippen molar-refractivity contribution in [1.82, 2.24) is 0 Å². The summed E-state index contributed by atoms with van der Waals surface area (Å²) < 4.78 is 2.54. The third-order valence-corrected chi connectivity index (χ3v) is 6.25. The van der Waals surface area contributed by atoms with Crippen molar-refractivity contribution in [2.45, 2.75) is 93.2 Å². The van der Waals surface area contributed by atoms with E-state index in [9.17, 15) is 0 Å². The molecule has 162 valence electrons. The van der Waals surface area contributed by atoms with E-state index in [-0.39, 0.29) is 0 Å². The fraction of sp³-hybridized carbons (Fsp3) is 0.769. The lowest BCUT2D eigenvalue weighted by Crippen LogP contribution is -2.49. The molecule has 0 heterocycles. The summed E-state index contributed by atoms with van der Waals surface area (Å²) in [5.41, 5.74) is 3.05. The van der Waals surface area contributed by atoms with E-state index in [0.717, 1.165) is 0 Å². The average Bonchev–Trinajstić information content (AvgIpc) is 2.65. The van der Waals surface area contributed by atoms with Gasteiger partial charge >= 0.3 is 0 Å². The van der Waals surface area contributed by atoms with Gasteiger partial charge in [-0.25, -0.2) is 0 Å². The van der Waals surface area contributed by atoms with E-state index in [1.165, 1.54) is 111 Å². The molecule has 0 aromatic heterocycles. The molecule has 28 heavy (non-hydrogen) atoms. The van der Waals surface area contributed by atoms with Gasteiger partial charge in [0.25, 0.3) is 0 Å². The second kappa shape index (κ2) is 13.4. The number of nitrogens with zero attached hydrogens (tertiary/aromatic N) is 2. The molecule has 0 saturated carbocycles. The van der Waals surface area contributed by atoms with Crippen LogP contribution in [-0.4, -0.2) is 48.2 Å². The summed E-state index contributed by atoms with van der Waals surface area (Å²) in [4.78, 5) is 0. The molecule has 1 aromatic rings. The molecule has 0 fully saturated rings. The topological polar surface area (TPSA) is 0 Å². The zero-order valence-corrected chi connectivity index (χ0v) is 20.1. The van der Waals surface area contributed by atoms with Gasteiger partial charge in [0, 0.05) is 11.1 Å². The summed E-state index contributed by atoms with van der Waals surface area (Å²) >= 11 is 0. The number of rotatable bonds is 16. The Bertz CT molecular complexity index is 425. The maximum atomic E-state index is 2.43. The van der Waals surface area contributed by atoms with Gasteiger partial charge in [-0.3, -0.25) is 0 Å². The quantitative estimate of drug-likeness (QED) is 0.273. The van der Waals surface area contributed by atoms with Gasteiger partial charge in [-0.1, -0.05) is 65.8 Å². The summed E-state index contributed by atoms with van der Waals surface area (Å²) in [6.07, 6.45) is 7.69. The van der Waals surface area contributed by atoms with Crippen molar-refractivity contribution >= 4 is 0 Å². The molecule has 0 aliphatic rings. The second-order valence-corrected chi connectivity index (χ2v) is 9.16. The van der Waals surface area contributed by atoms with Crippen LogP contribution in [0.25, 0.3) is 0 Å². The standard InChI is InChI=1S/C26H50N2/c1-7-17-27(18-8-2,19-9-3)23-25-13-15-26(16-14-25)24-28(20-10-4,21-11-5)22-12-6/h13-16H,7-12,17-24H2,1-6H3/q+2. The highest BCUT2D eigenvalue weighted by Crippen LogP contribution is 2.21. The normalized spacial score (nSPS) is 12.5. The maximum absolute atomic E-state index is 2.43. The van der Waals surface area contributed by atoms with E-state index in [1.807, 2.05) is 0 Å². The minimum atomic E-state index is 1.20. The van der Waals surface area contributed by atoms with Crippen LogP contribution in [0, 0.1) is 0 Å². The Kier molecular flexibility index (Phi) is 12.0. The maximum Gasteiger partial charge on any atom is 0.104 e. The highest BCUT2D eigenvalue weighted by atomic mass is 15.4. The molecule has 0 bridgehead atoms. The summed E-state index contributed by atoms with van der Waals surface area (Å²) in [6.45, 7) is 24.3. The molecule has 2 heteroatoms. The van der Waals surface area contributed by atoms with E-state index in [1.54, 1.807) is 0 Å². The molecule has 0 radical (unpaired) electrons. The zero-order valence-electron chi connectivity index (χ0n) is 20.1. The van der Waals surface area contributed by atoms with E-state index in [4.69, 9.17) is 0 Å². The Morgan fingerprint density at radius 3 is 0.821 bits per heavy atom. The van der Waals surface area contributed by atoms with Gasteiger partial charge in [0.15, 0.2) is 0 Å². The SMILES string of the molecule is CCC[N+](CCC)(CCC)Cc1ccc(C[N+](CCC)(CCC)CCC)cc1. The summed E-state index contributed by atoms with van der Waals surface area (Å²) in [5, 5.41) is 0. The van der Waals surface area contributed by atoms with Crippen LogP contribution in [0.4, 0.5) is 0 Å². The van der Waals surface area contributed by atoms with E-state index in [2.05, 4.69) is 65.8 Å². The van der Waals surface area contributed by atoms with Gasteiger partial charge in [-0.15, -0.1) is 0 Å². The zero-order chi connectivity index (χ0) is 20.9. The third kappa shape index (κ3) is 7.87. The van der Waals surface area contributed by atoms with Crippen LogP contribution in [0.3, 0.4) is 0 Å². The smallest absolute Gasteiger partial charge is 0.104 e. The number of hydrogen-bond donors (Lipinski definition) is 0. The Morgan fingerprint density at radius 2 is 0.643 bits per heavy atom. The van der Waals surface area contributed by atoms with Gasteiger partial charge in [0.1, 0.15) is 13.1 Å². The lowest BCUT2D eigenvalue weighted by Gasteiger charge is -2.39.